The second kappa shape index (κ2) is 14.8. The van der Waals surface area contributed by atoms with Crippen LogP contribution in [0.15, 0.2) is 35.3 Å². The lowest BCUT2D eigenvalue weighted by molar-refractivity contribution is 0.290. The number of unbranched alkanes of at least 4 members (excludes halogenated alkanes) is 1. The van der Waals surface area contributed by atoms with Crippen LogP contribution in [-0.2, 0) is 6.42 Å². The molecular weight excluding hydrogens is 431 g/mol. The number of likely N-dealkylation sites (N-methyl/N-ethyl adjacent to an activating group) is 1. The van der Waals surface area contributed by atoms with Crippen molar-refractivity contribution in [1.82, 2.24) is 15.5 Å². The molecule has 0 aliphatic carbocycles. The number of nitrogens with zero attached hydrogens (tertiary/aromatic N) is 2. The number of nitrogens with one attached hydrogen (secondary N) is 2. The molecule has 0 amide bonds. The van der Waals surface area contributed by atoms with Gasteiger partial charge in [0, 0.05) is 26.2 Å². The predicted octanol–water partition coefficient (Wildman–Crippen LogP) is 3.09. The van der Waals surface area contributed by atoms with E-state index in [0.29, 0.717) is 6.04 Å². The van der Waals surface area contributed by atoms with Crippen LogP contribution in [0.5, 0.6) is 0 Å². The molecule has 0 radical (unpaired) electrons. The summed E-state index contributed by atoms with van der Waals surface area (Å²) in [6.45, 7) is 1.86. The number of aliphatic imine (C=N–C) groups is 1. The summed E-state index contributed by atoms with van der Waals surface area (Å²) < 4.78 is 0. The van der Waals surface area contributed by atoms with E-state index in [1.165, 1.54) is 24.2 Å². The van der Waals surface area contributed by atoms with Gasteiger partial charge in [0.1, 0.15) is 0 Å². The highest BCUT2D eigenvalue weighted by Crippen LogP contribution is 2.06. The number of rotatable bonds is 10. The van der Waals surface area contributed by atoms with Crippen molar-refractivity contribution in [2.24, 2.45) is 4.99 Å². The summed E-state index contributed by atoms with van der Waals surface area (Å²) in [5.41, 5.74) is 1.37. The van der Waals surface area contributed by atoms with Crippen LogP contribution in [-0.4, -0.2) is 63.1 Å². The molecule has 6 heteroatoms. The standard InChI is InChI=1S/C18H32N4S.HI/c1-19-18(20-12-8-9-13-23-4)21-15-17(22(2)3)14-16-10-6-5-7-11-16;/h5-7,10-11,17H,8-9,12-15H2,1-4H3,(H2,19,20,21);1H. The van der Waals surface area contributed by atoms with Gasteiger partial charge >= 0.3 is 0 Å². The highest BCUT2D eigenvalue weighted by atomic mass is 127. The molecule has 138 valence electrons. The SMILES string of the molecule is CN=C(NCCCCSC)NCC(Cc1ccccc1)N(C)C.I. The third-order valence-corrected chi connectivity index (χ3v) is 4.54. The van der Waals surface area contributed by atoms with Gasteiger partial charge in [0.2, 0.25) is 0 Å². The molecule has 1 aromatic carbocycles. The van der Waals surface area contributed by atoms with Crippen molar-refractivity contribution in [1.29, 1.82) is 0 Å². The zero-order chi connectivity index (χ0) is 16.9. The lowest BCUT2D eigenvalue weighted by Crippen LogP contribution is -2.46. The van der Waals surface area contributed by atoms with E-state index in [1.807, 2.05) is 18.8 Å². The third kappa shape index (κ3) is 10.4. The van der Waals surface area contributed by atoms with Crippen LogP contribution < -0.4 is 10.6 Å². The first-order chi connectivity index (χ1) is 11.2. The summed E-state index contributed by atoms with van der Waals surface area (Å²) in [6.07, 6.45) is 5.62. The van der Waals surface area contributed by atoms with E-state index in [9.17, 15) is 0 Å². The fraction of sp³-hybridized carbons (Fsp3) is 0.611. The number of halogens is 1. The molecule has 0 aliphatic heterocycles. The Bertz CT molecular complexity index is 440. The third-order valence-electron chi connectivity index (χ3n) is 3.84. The van der Waals surface area contributed by atoms with Crippen LogP contribution in [0, 0.1) is 0 Å². The Balaban J connectivity index is 0.00000529. The van der Waals surface area contributed by atoms with Crippen LogP contribution in [0.1, 0.15) is 18.4 Å². The van der Waals surface area contributed by atoms with E-state index in [4.69, 9.17) is 0 Å². The number of hydrogen-bond donors (Lipinski definition) is 2. The number of hydrogen-bond acceptors (Lipinski definition) is 3. The van der Waals surface area contributed by atoms with E-state index in [1.54, 1.807) is 0 Å². The van der Waals surface area contributed by atoms with E-state index in [-0.39, 0.29) is 24.0 Å². The van der Waals surface area contributed by atoms with E-state index < -0.39 is 0 Å². The molecule has 0 aromatic heterocycles. The van der Waals surface area contributed by atoms with Gasteiger partial charge in [-0.2, -0.15) is 11.8 Å². The molecule has 4 nitrogen and oxygen atoms in total. The maximum Gasteiger partial charge on any atom is 0.191 e. The summed E-state index contributed by atoms with van der Waals surface area (Å²) in [5, 5.41) is 6.85. The molecule has 1 atom stereocenters. The Morgan fingerprint density at radius 2 is 1.88 bits per heavy atom. The van der Waals surface area contributed by atoms with Crippen molar-refractivity contribution in [3.63, 3.8) is 0 Å². The maximum absolute atomic E-state index is 4.31. The fourth-order valence-corrected chi connectivity index (χ4v) is 2.83. The monoisotopic (exact) mass is 464 g/mol. The van der Waals surface area contributed by atoms with Gasteiger partial charge in [-0.3, -0.25) is 4.99 Å². The molecule has 0 saturated carbocycles. The summed E-state index contributed by atoms with van der Waals surface area (Å²) in [5.74, 6) is 2.13. The van der Waals surface area contributed by atoms with Crippen molar-refractivity contribution in [2.75, 3.05) is 46.2 Å². The first kappa shape index (κ1) is 23.5. The fourth-order valence-electron chi connectivity index (χ4n) is 2.34. The minimum atomic E-state index is 0. The van der Waals surface area contributed by atoms with Crippen LogP contribution in [0.25, 0.3) is 0 Å². The highest BCUT2D eigenvalue weighted by Gasteiger charge is 2.12. The van der Waals surface area contributed by atoms with Crippen molar-refractivity contribution in [2.45, 2.75) is 25.3 Å². The predicted molar refractivity (Wildman–Crippen MR) is 120 cm³/mol. The zero-order valence-corrected chi connectivity index (χ0v) is 18.6. The highest BCUT2D eigenvalue weighted by molar-refractivity contribution is 14.0. The second-order valence-electron chi connectivity index (χ2n) is 5.89. The van der Waals surface area contributed by atoms with Gasteiger partial charge in [-0.15, -0.1) is 24.0 Å². The molecule has 2 N–H and O–H groups in total. The van der Waals surface area contributed by atoms with Gasteiger partial charge in [-0.25, -0.2) is 0 Å². The van der Waals surface area contributed by atoms with E-state index in [0.717, 1.165) is 25.5 Å². The van der Waals surface area contributed by atoms with E-state index >= 15 is 0 Å². The summed E-state index contributed by atoms with van der Waals surface area (Å²) in [7, 11) is 6.10. The van der Waals surface area contributed by atoms with Crippen LogP contribution in [0.4, 0.5) is 0 Å². The van der Waals surface area contributed by atoms with Gasteiger partial charge in [0.15, 0.2) is 5.96 Å². The lowest BCUT2D eigenvalue weighted by Gasteiger charge is -2.25. The van der Waals surface area contributed by atoms with Gasteiger partial charge in [-0.1, -0.05) is 30.3 Å². The number of benzene rings is 1. The molecule has 24 heavy (non-hydrogen) atoms. The molecular formula is C18H33IN4S. The van der Waals surface area contributed by atoms with Gasteiger partial charge in [-0.05, 0) is 50.9 Å². The summed E-state index contributed by atoms with van der Waals surface area (Å²) in [6, 6.07) is 11.1. The van der Waals surface area contributed by atoms with Crippen LogP contribution in [0.3, 0.4) is 0 Å². The average molecular weight is 464 g/mol. The van der Waals surface area contributed by atoms with Crippen LogP contribution in [0.2, 0.25) is 0 Å². The Morgan fingerprint density at radius 3 is 2.46 bits per heavy atom. The molecule has 0 saturated heterocycles. The van der Waals surface area contributed by atoms with Crippen molar-refractivity contribution >= 4 is 41.7 Å². The normalized spacial score (nSPS) is 12.6. The Hall–Kier alpha value is -0.470. The smallest absolute Gasteiger partial charge is 0.191 e. The van der Waals surface area contributed by atoms with Crippen LogP contribution >= 0.6 is 35.7 Å². The molecule has 0 spiro atoms. The number of thioether (sulfide) groups is 1. The van der Waals surface area contributed by atoms with Gasteiger partial charge < -0.3 is 15.5 Å². The maximum atomic E-state index is 4.31. The second-order valence-corrected chi connectivity index (χ2v) is 6.87. The first-order valence-corrected chi connectivity index (χ1v) is 9.70. The minimum Gasteiger partial charge on any atom is -0.356 e. The Morgan fingerprint density at radius 1 is 1.17 bits per heavy atom. The lowest BCUT2D eigenvalue weighted by atomic mass is 10.1. The average Bonchev–Trinajstić information content (AvgIpc) is 2.56. The molecule has 0 aliphatic rings. The van der Waals surface area contributed by atoms with E-state index in [2.05, 4.69) is 71.2 Å². The van der Waals surface area contributed by atoms with Gasteiger partial charge in [0.25, 0.3) is 0 Å². The first-order valence-electron chi connectivity index (χ1n) is 8.31. The molecule has 1 rings (SSSR count). The van der Waals surface area contributed by atoms with Crippen molar-refractivity contribution in [3.05, 3.63) is 35.9 Å². The molecule has 0 fully saturated rings. The molecule has 1 aromatic rings. The Kier molecular flexibility index (Phi) is 14.5. The summed E-state index contributed by atoms with van der Waals surface area (Å²) >= 11 is 1.91. The van der Waals surface area contributed by atoms with Crippen molar-refractivity contribution in [3.8, 4) is 0 Å². The largest absolute Gasteiger partial charge is 0.356 e. The topological polar surface area (TPSA) is 39.7 Å². The summed E-state index contributed by atoms with van der Waals surface area (Å²) in [4.78, 5) is 6.58. The molecule has 0 bridgehead atoms. The van der Waals surface area contributed by atoms with Crippen molar-refractivity contribution < 1.29 is 0 Å². The number of guanidine groups is 1. The quantitative estimate of drug-likeness (QED) is 0.242. The molecule has 1 unspecified atom stereocenters. The minimum absolute atomic E-state index is 0. The molecule has 0 heterocycles. The zero-order valence-electron chi connectivity index (χ0n) is 15.4. The van der Waals surface area contributed by atoms with Gasteiger partial charge in [0.05, 0.1) is 0 Å². The Labute approximate surface area is 169 Å².